The first-order chi connectivity index (χ1) is 13.7. The molecule has 0 saturated heterocycles. The molecule has 0 radical (unpaired) electrons. The van der Waals surface area contributed by atoms with E-state index in [1.54, 1.807) is 19.9 Å². The van der Waals surface area contributed by atoms with Crippen molar-refractivity contribution in [2.75, 3.05) is 0 Å². The molecule has 2 atom stereocenters. The van der Waals surface area contributed by atoms with E-state index in [-0.39, 0.29) is 22.9 Å². The second-order valence-electron chi connectivity index (χ2n) is 7.76. The van der Waals surface area contributed by atoms with Crippen molar-refractivity contribution in [3.63, 3.8) is 0 Å². The third kappa shape index (κ3) is 2.69. The summed E-state index contributed by atoms with van der Waals surface area (Å²) in [7, 11) is 0. The van der Waals surface area contributed by atoms with Crippen LogP contribution in [0.3, 0.4) is 0 Å². The second kappa shape index (κ2) is 7.08. The number of nitro groups is 1. The van der Waals surface area contributed by atoms with Crippen LogP contribution in [0, 0.1) is 76.2 Å². The number of hydrogen-bond acceptors (Lipinski definition) is 6. The Bertz CT molecular complexity index is 1090. The fraction of sp³-hybridized carbons (Fsp3) is 0.409. The number of benzene rings is 1. The summed E-state index contributed by atoms with van der Waals surface area (Å²) in [5.41, 5.74) is 7.80. The molecule has 146 valence electrons. The van der Waals surface area contributed by atoms with Crippen LogP contribution in [0.1, 0.15) is 47.4 Å². The number of nitrogens with two attached hydrogens (primary N) is 1. The maximum atomic E-state index is 11.7. The van der Waals surface area contributed by atoms with Gasteiger partial charge >= 0.3 is 0 Å². The average Bonchev–Trinajstić information content (AvgIpc) is 2.68. The fourth-order valence-corrected chi connectivity index (χ4v) is 5.13. The minimum Gasteiger partial charge on any atom is -0.399 e. The highest BCUT2D eigenvalue weighted by molar-refractivity contribution is 5.63. The van der Waals surface area contributed by atoms with Crippen LogP contribution in [0.5, 0.6) is 0 Å². The molecule has 0 spiro atoms. The molecule has 2 aliphatic carbocycles. The van der Waals surface area contributed by atoms with Gasteiger partial charge in [-0.25, -0.2) is 0 Å². The maximum absolute atomic E-state index is 11.7. The first kappa shape index (κ1) is 20.1. The lowest BCUT2D eigenvalue weighted by molar-refractivity contribution is -0.386. The minimum absolute atomic E-state index is 0.00894. The van der Waals surface area contributed by atoms with Gasteiger partial charge in [-0.1, -0.05) is 6.08 Å². The van der Waals surface area contributed by atoms with E-state index in [9.17, 15) is 25.9 Å². The average molecular weight is 387 g/mol. The number of hydrogen-bond donors (Lipinski definition) is 1. The predicted molar refractivity (Wildman–Crippen MR) is 106 cm³/mol. The van der Waals surface area contributed by atoms with Crippen molar-refractivity contribution < 1.29 is 4.92 Å². The van der Waals surface area contributed by atoms with E-state index < -0.39 is 16.3 Å². The zero-order valence-corrected chi connectivity index (χ0v) is 16.6. The van der Waals surface area contributed by atoms with Gasteiger partial charge in [-0.15, -0.1) is 0 Å². The van der Waals surface area contributed by atoms with Gasteiger partial charge in [-0.2, -0.15) is 15.8 Å². The third-order valence-electron chi connectivity index (χ3n) is 6.28. The highest BCUT2D eigenvalue weighted by Crippen LogP contribution is 2.57. The quantitative estimate of drug-likeness (QED) is 0.598. The molecule has 2 aliphatic rings. The van der Waals surface area contributed by atoms with E-state index in [1.165, 1.54) is 0 Å². The van der Waals surface area contributed by atoms with E-state index in [2.05, 4.69) is 18.2 Å². The number of fused-ring (bicyclic) bond motifs is 1. The molecule has 3 rings (SSSR count). The summed E-state index contributed by atoms with van der Waals surface area (Å²) in [5, 5.41) is 41.7. The van der Waals surface area contributed by atoms with E-state index in [1.807, 2.05) is 13.0 Å². The lowest BCUT2D eigenvalue weighted by atomic mass is 9.55. The van der Waals surface area contributed by atoms with Gasteiger partial charge in [0, 0.05) is 17.0 Å². The molecule has 0 aromatic heterocycles. The molecule has 29 heavy (non-hydrogen) atoms. The van der Waals surface area contributed by atoms with Gasteiger partial charge in [-0.3, -0.25) is 10.1 Å². The SMILES string of the molecule is Cc1cc(C)c([N+](=O)[O-])c(C)c1[C@H]1[C@@H]2CCCC=C2C(C#N)=C(N)C1(C#N)C#N. The van der Waals surface area contributed by atoms with Crippen LogP contribution < -0.4 is 5.73 Å². The summed E-state index contributed by atoms with van der Waals surface area (Å²) >= 11 is 0. The molecule has 0 aliphatic heterocycles. The Balaban J connectivity index is 2.46. The smallest absolute Gasteiger partial charge is 0.275 e. The van der Waals surface area contributed by atoms with Crippen LogP contribution in [0.4, 0.5) is 5.69 Å². The Morgan fingerprint density at radius 3 is 2.41 bits per heavy atom. The van der Waals surface area contributed by atoms with Crippen LogP contribution in [-0.2, 0) is 0 Å². The zero-order valence-electron chi connectivity index (χ0n) is 16.6. The zero-order chi connectivity index (χ0) is 21.5. The predicted octanol–water partition coefficient (Wildman–Crippen LogP) is 4.11. The maximum Gasteiger partial charge on any atom is 0.275 e. The lowest BCUT2D eigenvalue weighted by Gasteiger charge is -2.44. The molecule has 2 N–H and O–H groups in total. The molecule has 0 fully saturated rings. The number of aryl methyl sites for hydroxylation is 2. The molecule has 0 unspecified atom stereocenters. The minimum atomic E-state index is -1.76. The Hall–Kier alpha value is -3.63. The molecule has 7 heteroatoms. The number of rotatable bonds is 2. The van der Waals surface area contributed by atoms with Crippen molar-refractivity contribution in [1.29, 1.82) is 15.8 Å². The molecule has 7 nitrogen and oxygen atoms in total. The number of allylic oxidation sites excluding steroid dienone is 4. The molecule has 1 aromatic rings. The second-order valence-corrected chi connectivity index (χ2v) is 7.76. The number of nitrogens with zero attached hydrogens (tertiary/aromatic N) is 4. The van der Waals surface area contributed by atoms with E-state index in [4.69, 9.17) is 5.73 Å². The van der Waals surface area contributed by atoms with Crippen molar-refractivity contribution in [1.82, 2.24) is 0 Å². The van der Waals surface area contributed by atoms with Crippen LogP contribution in [0.2, 0.25) is 0 Å². The van der Waals surface area contributed by atoms with Crippen LogP contribution in [-0.4, -0.2) is 4.92 Å². The van der Waals surface area contributed by atoms with Crippen molar-refractivity contribution in [3.05, 3.63) is 61.4 Å². The summed E-state index contributed by atoms with van der Waals surface area (Å²) in [5.74, 6) is -0.954. The van der Waals surface area contributed by atoms with Gasteiger partial charge < -0.3 is 5.73 Å². The van der Waals surface area contributed by atoms with Gasteiger partial charge in [0.15, 0.2) is 5.41 Å². The summed E-state index contributed by atoms with van der Waals surface area (Å²) in [6.45, 7) is 5.18. The highest BCUT2D eigenvalue weighted by Gasteiger charge is 2.54. The molecule has 0 heterocycles. The van der Waals surface area contributed by atoms with Gasteiger partial charge in [0.2, 0.25) is 0 Å². The van der Waals surface area contributed by atoms with Crippen molar-refractivity contribution in [3.8, 4) is 18.2 Å². The van der Waals surface area contributed by atoms with Gasteiger partial charge in [0.1, 0.15) is 6.07 Å². The third-order valence-corrected chi connectivity index (χ3v) is 6.28. The van der Waals surface area contributed by atoms with Gasteiger partial charge in [-0.05, 0) is 68.7 Å². The van der Waals surface area contributed by atoms with Crippen molar-refractivity contribution in [2.45, 2.75) is 46.0 Å². The standard InChI is InChI=1S/C22H21N5O2/c1-12-8-13(2)20(27(28)29)14(3)18(12)19-16-7-5-4-6-15(16)17(9-23)21(26)22(19,10-24)11-25/h6,8,16,19H,4-5,7,26H2,1-3H3/t16-,19-/m1/s1. The van der Waals surface area contributed by atoms with Crippen molar-refractivity contribution >= 4 is 5.69 Å². The Morgan fingerprint density at radius 2 is 1.86 bits per heavy atom. The van der Waals surface area contributed by atoms with Crippen LogP contribution in [0.15, 0.2) is 29.0 Å². The van der Waals surface area contributed by atoms with E-state index in [0.717, 1.165) is 24.0 Å². The molecular formula is C22H21N5O2. The van der Waals surface area contributed by atoms with Gasteiger partial charge in [0.05, 0.1) is 28.3 Å². The first-order valence-corrected chi connectivity index (χ1v) is 9.43. The summed E-state index contributed by atoms with van der Waals surface area (Å²) in [6.07, 6.45) is 4.27. The number of nitro benzene ring substituents is 1. The summed E-state index contributed by atoms with van der Waals surface area (Å²) < 4.78 is 0. The lowest BCUT2D eigenvalue weighted by Crippen LogP contribution is -2.43. The van der Waals surface area contributed by atoms with Crippen LogP contribution in [0.25, 0.3) is 0 Å². The fourth-order valence-electron chi connectivity index (χ4n) is 5.13. The Morgan fingerprint density at radius 1 is 1.21 bits per heavy atom. The number of nitriles is 3. The van der Waals surface area contributed by atoms with Gasteiger partial charge in [0.25, 0.3) is 5.69 Å². The Labute approximate surface area is 169 Å². The molecule has 0 amide bonds. The summed E-state index contributed by atoms with van der Waals surface area (Å²) in [4.78, 5) is 11.3. The molecular weight excluding hydrogens is 366 g/mol. The van der Waals surface area contributed by atoms with Crippen molar-refractivity contribution in [2.24, 2.45) is 17.1 Å². The molecule has 1 aromatic carbocycles. The first-order valence-electron chi connectivity index (χ1n) is 9.43. The normalized spacial score (nSPS) is 22.6. The monoisotopic (exact) mass is 387 g/mol. The van der Waals surface area contributed by atoms with E-state index in [0.29, 0.717) is 23.1 Å². The highest BCUT2D eigenvalue weighted by atomic mass is 16.6. The summed E-state index contributed by atoms with van der Waals surface area (Å²) in [6, 6.07) is 8.00. The largest absolute Gasteiger partial charge is 0.399 e. The van der Waals surface area contributed by atoms with Crippen LogP contribution >= 0.6 is 0 Å². The molecule has 0 saturated carbocycles. The van der Waals surface area contributed by atoms with E-state index >= 15 is 0 Å². The molecule has 0 bridgehead atoms. The Kier molecular flexibility index (Phi) is 4.91. The topological polar surface area (TPSA) is 141 Å².